The Balaban J connectivity index is 2.29. The Hall–Kier alpha value is -1.94. The van der Waals surface area contributed by atoms with Crippen LogP contribution in [0, 0.1) is 5.82 Å². The van der Waals surface area contributed by atoms with Crippen LogP contribution >= 0.6 is 0 Å². The van der Waals surface area contributed by atoms with Gasteiger partial charge >= 0.3 is 0 Å². The van der Waals surface area contributed by atoms with E-state index in [1.54, 1.807) is 18.3 Å². The van der Waals surface area contributed by atoms with E-state index in [0.29, 0.717) is 0 Å². The SMILES string of the molecule is CCC(N)Cc1cccnc1N(C)c1ccc(F)cc1. The molecule has 0 spiro atoms. The van der Waals surface area contributed by atoms with Crippen LogP contribution in [0.5, 0.6) is 0 Å². The third kappa shape index (κ3) is 3.33. The molecule has 1 aromatic carbocycles. The van der Waals surface area contributed by atoms with E-state index < -0.39 is 0 Å². The topological polar surface area (TPSA) is 42.1 Å². The third-order valence-electron chi connectivity index (χ3n) is 3.41. The van der Waals surface area contributed by atoms with Crippen molar-refractivity contribution in [3.8, 4) is 0 Å². The van der Waals surface area contributed by atoms with Gasteiger partial charge in [-0.25, -0.2) is 9.37 Å². The molecule has 2 aromatic rings. The molecule has 1 atom stereocenters. The number of benzene rings is 1. The summed E-state index contributed by atoms with van der Waals surface area (Å²) < 4.78 is 13.0. The van der Waals surface area contributed by atoms with E-state index in [4.69, 9.17) is 5.73 Å². The van der Waals surface area contributed by atoms with E-state index in [1.807, 2.05) is 24.1 Å². The lowest BCUT2D eigenvalue weighted by Crippen LogP contribution is -2.23. The fraction of sp³-hybridized carbons (Fsp3) is 0.312. The predicted molar refractivity (Wildman–Crippen MR) is 80.7 cm³/mol. The summed E-state index contributed by atoms with van der Waals surface area (Å²) in [6.07, 6.45) is 3.47. The van der Waals surface area contributed by atoms with E-state index in [9.17, 15) is 4.39 Å². The minimum Gasteiger partial charge on any atom is -0.329 e. The summed E-state index contributed by atoms with van der Waals surface area (Å²) in [6.45, 7) is 2.07. The van der Waals surface area contributed by atoms with Crippen molar-refractivity contribution in [1.29, 1.82) is 0 Å². The van der Waals surface area contributed by atoms with Crippen molar-refractivity contribution in [3.05, 3.63) is 54.0 Å². The van der Waals surface area contributed by atoms with Crippen LogP contribution in [-0.4, -0.2) is 18.1 Å². The number of rotatable bonds is 5. The molecule has 3 nitrogen and oxygen atoms in total. The Kier molecular flexibility index (Phi) is 4.69. The molecule has 20 heavy (non-hydrogen) atoms. The Labute approximate surface area is 119 Å². The van der Waals surface area contributed by atoms with Crippen molar-refractivity contribution < 1.29 is 4.39 Å². The normalized spacial score (nSPS) is 12.2. The number of hydrogen-bond acceptors (Lipinski definition) is 3. The number of aromatic nitrogens is 1. The van der Waals surface area contributed by atoms with Gasteiger partial charge in [0.15, 0.2) is 0 Å². The lowest BCUT2D eigenvalue weighted by molar-refractivity contribution is 0.628. The summed E-state index contributed by atoms with van der Waals surface area (Å²) in [5.41, 5.74) is 8.04. The first kappa shape index (κ1) is 14.5. The monoisotopic (exact) mass is 273 g/mol. The fourth-order valence-electron chi connectivity index (χ4n) is 2.11. The molecule has 0 aliphatic heterocycles. The van der Waals surface area contributed by atoms with Crippen LogP contribution in [0.4, 0.5) is 15.9 Å². The number of pyridine rings is 1. The van der Waals surface area contributed by atoms with Crippen LogP contribution in [0.1, 0.15) is 18.9 Å². The molecule has 0 radical (unpaired) electrons. The maximum atomic E-state index is 13.0. The van der Waals surface area contributed by atoms with Crippen LogP contribution < -0.4 is 10.6 Å². The Bertz CT molecular complexity index is 554. The highest BCUT2D eigenvalue weighted by molar-refractivity contribution is 5.62. The van der Waals surface area contributed by atoms with Crippen molar-refractivity contribution in [2.75, 3.05) is 11.9 Å². The summed E-state index contributed by atoms with van der Waals surface area (Å²) in [5, 5.41) is 0. The second-order valence-electron chi connectivity index (χ2n) is 4.89. The Morgan fingerprint density at radius 2 is 1.95 bits per heavy atom. The van der Waals surface area contributed by atoms with Crippen molar-refractivity contribution in [1.82, 2.24) is 4.98 Å². The lowest BCUT2D eigenvalue weighted by atomic mass is 10.1. The maximum absolute atomic E-state index is 13.0. The highest BCUT2D eigenvalue weighted by Gasteiger charge is 2.12. The number of halogens is 1. The van der Waals surface area contributed by atoms with Gasteiger partial charge in [-0.3, -0.25) is 0 Å². The molecule has 2 N–H and O–H groups in total. The summed E-state index contributed by atoms with van der Waals surface area (Å²) in [5.74, 6) is 0.624. The van der Waals surface area contributed by atoms with E-state index >= 15 is 0 Å². The van der Waals surface area contributed by atoms with E-state index in [1.165, 1.54) is 12.1 Å². The van der Waals surface area contributed by atoms with Crippen molar-refractivity contribution in [2.45, 2.75) is 25.8 Å². The van der Waals surface area contributed by atoms with Gasteiger partial charge in [0.05, 0.1) is 0 Å². The molecule has 0 aliphatic carbocycles. The first-order valence-electron chi connectivity index (χ1n) is 6.80. The molecule has 0 aliphatic rings. The standard InChI is InChI=1S/C16H20FN3/c1-3-14(18)11-12-5-4-10-19-16(12)20(2)15-8-6-13(17)7-9-15/h4-10,14H,3,11,18H2,1-2H3. The number of hydrogen-bond donors (Lipinski definition) is 1. The van der Waals surface area contributed by atoms with Gasteiger partial charge in [-0.2, -0.15) is 0 Å². The van der Waals surface area contributed by atoms with Gasteiger partial charge in [-0.05, 0) is 48.7 Å². The molecule has 0 bridgehead atoms. The zero-order valence-electron chi connectivity index (χ0n) is 11.9. The summed E-state index contributed by atoms with van der Waals surface area (Å²) >= 11 is 0. The van der Waals surface area contributed by atoms with Crippen LogP contribution in [0.2, 0.25) is 0 Å². The first-order valence-corrected chi connectivity index (χ1v) is 6.80. The molecular weight excluding hydrogens is 253 g/mol. The first-order chi connectivity index (χ1) is 9.61. The van der Waals surface area contributed by atoms with Gasteiger partial charge in [0.1, 0.15) is 11.6 Å². The molecule has 4 heteroatoms. The van der Waals surface area contributed by atoms with Crippen molar-refractivity contribution in [3.63, 3.8) is 0 Å². The average molecular weight is 273 g/mol. The molecule has 0 amide bonds. The zero-order chi connectivity index (χ0) is 14.5. The minimum atomic E-state index is -0.239. The molecule has 0 saturated carbocycles. The molecule has 1 aromatic heterocycles. The third-order valence-corrected chi connectivity index (χ3v) is 3.41. The van der Waals surface area contributed by atoms with E-state index in [2.05, 4.69) is 11.9 Å². The van der Waals surface area contributed by atoms with E-state index in [0.717, 1.165) is 29.9 Å². The second kappa shape index (κ2) is 6.48. The number of nitrogens with zero attached hydrogens (tertiary/aromatic N) is 2. The fourth-order valence-corrected chi connectivity index (χ4v) is 2.11. The average Bonchev–Trinajstić information content (AvgIpc) is 2.48. The Morgan fingerprint density at radius 1 is 1.25 bits per heavy atom. The molecular formula is C16H20FN3. The molecule has 0 saturated heterocycles. The van der Waals surface area contributed by atoms with Crippen LogP contribution in [0.15, 0.2) is 42.6 Å². The number of nitrogens with two attached hydrogens (primary N) is 1. The lowest BCUT2D eigenvalue weighted by Gasteiger charge is -2.22. The highest BCUT2D eigenvalue weighted by atomic mass is 19.1. The molecule has 1 unspecified atom stereocenters. The molecule has 2 rings (SSSR count). The van der Waals surface area contributed by atoms with E-state index in [-0.39, 0.29) is 11.9 Å². The summed E-state index contributed by atoms with van der Waals surface area (Å²) in [6, 6.07) is 10.5. The van der Waals surface area contributed by atoms with Crippen molar-refractivity contribution >= 4 is 11.5 Å². The second-order valence-corrected chi connectivity index (χ2v) is 4.89. The molecule has 1 heterocycles. The van der Waals surface area contributed by atoms with Gasteiger partial charge in [-0.15, -0.1) is 0 Å². The predicted octanol–water partition coefficient (Wildman–Crippen LogP) is 3.27. The Morgan fingerprint density at radius 3 is 2.60 bits per heavy atom. The molecule has 0 fully saturated rings. The highest BCUT2D eigenvalue weighted by Crippen LogP contribution is 2.25. The van der Waals surface area contributed by atoms with Crippen LogP contribution in [0.25, 0.3) is 0 Å². The maximum Gasteiger partial charge on any atom is 0.135 e. The van der Waals surface area contributed by atoms with Gasteiger partial charge < -0.3 is 10.6 Å². The summed E-state index contributed by atoms with van der Waals surface area (Å²) in [7, 11) is 1.93. The number of anilines is 2. The van der Waals surface area contributed by atoms with Crippen LogP contribution in [-0.2, 0) is 6.42 Å². The largest absolute Gasteiger partial charge is 0.329 e. The summed E-state index contributed by atoms with van der Waals surface area (Å²) in [4.78, 5) is 6.40. The van der Waals surface area contributed by atoms with Gasteiger partial charge in [0.25, 0.3) is 0 Å². The van der Waals surface area contributed by atoms with Gasteiger partial charge in [-0.1, -0.05) is 13.0 Å². The van der Waals surface area contributed by atoms with Gasteiger partial charge in [0, 0.05) is 25.0 Å². The zero-order valence-corrected chi connectivity index (χ0v) is 11.9. The van der Waals surface area contributed by atoms with Crippen molar-refractivity contribution in [2.24, 2.45) is 5.73 Å². The minimum absolute atomic E-state index is 0.125. The van der Waals surface area contributed by atoms with Crippen LogP contribution in [0.3, 0.4) is 0 Å². The molecule has 106 valence electrons. The van der Waals surface area contributed by atoms with Gasteiger partial charge in [0.2, 0.25) is 0 Å². The quantitative estimate of drug-likeness (QED) is 0.909. The smallest absolute Gasteiger partial charge is 0.135 e.